The topological polar surface area (TPSA) is 0 Å². The molecule has 1 rings (SSSR count). The lowest BCUT2D eigenvalue weighted by Gasteiger charge is -2.15. The van der Waals surface area contributed by atoms with Crippen molar-refractivity contribution in [2.45, 2.75) is 26.7 Å². The molecule has 0 aliphatic heterocycles. The highest BCUT2D eigenvalue weighted by Crippen LogP contribution is 2.20. The van der Waals surface area contributed by atoms with Crippen molar-refractivity contribution in [3.63, 3.8) is 0 Å². The summed E-state index contributed by atoms with van der Waals surface area (Å²) in [5.74, 6) is 1.68. The van der Waals surface area contributed by atoms with E-state index in [4.69, 9.17) is 0 Å². The Morgan fingerprint density at radius 1 is 1.00 bits per heavy atom. The minimum absolute atomic E-state index is 0.839. The lowest BCUT2D eigenvalue weighted by molar-refractivity contribution is 0.502. The molecule has 46 valence electrons. The van der Waals surface area contributed by atoms with E-state index in [0.717, 1.165) is 11.8 Å². The monoisotopic (exact) mass is 110 g/mol. The van der Waals surface area contributed by atoms with E-state index < -0.39 is 0 Å². The van der Waals surface area contributed by atoms with Crippen molar-refractivity contribution in [2.24, 2.45) is 11.8 Å². The molecule has 1 aliphatic rings. The number of hydrogen-bond donors (Lipinski definition) is 0. The van der Waals surface area contributed by atoms with Crippen LogP contribution in [0.25, 0.3) is 0 Å². The summed E-state index contributed by atoms with van der Waals surface area (Å²) >= 11 is 0. The van der Waals surface area contributed by atoms with Gasteiger partial charge in [0.15, 0.2) is 0 Å². The van der Waals surface area contributed by atoms with Crippen LogP contribution >= 0.6 is 0 Å². The quantitative estimate of drug-likeness (QED) is 0.420. The Kier molecular flexibility index (Phi) is 1.72. The summed E-state index contributed by atoms with van der Waals surface area (Å²) in [6.07, 6.45) is 7.43. The molecule has 1 aliphatic carbocycles. The Labute approximate surface area is 51.6 Å². The summed E-state index contributed by atoms with van der Waals surface area (Å²) in [6, 6.07) is 0. The molecule has 0 fully saturated rings. The van der Waals surface area contributed by atoms with Gasteiger partial charge < -0.3 is 0 Å². The molecular weight excluding hydrogens is 96.1 g/mol. The second kappa shape index (κ2) is 2.34. The maximum atomic E-state index is 2.33. The van der Waals surface area contributed by atoms with E-state index in [1.165, 1.54) is 12.8 Å². The van der Waals surface area contributed by atoms with Crippen LogP contribution in [-0.4, -0.2) is 0 Å². The molecule has 0 spiro atoms. The van der Waals surface area contributed by atoms with Gasteiger partial charge in [-0.15, -0.1) is 0 Å². The zero-order valence-electron chi connectivity index (χ0n) is 5.72. The van der Waals surface area contributed by atoms with Crippen molar-refractivity contribution in [2.75, 3.05) is 0 Å². The third-order valence-corrected chi connectivity index (χ3v) is 1.85. The van der Waals surface area contributed by atoms with Gasteiger partial charge in [0.2, 0.25) is 0 Å². The molecule has 0 radical (unpaired) electrons. The first kappa shape index (κ1) is 5.87. The molecule has 0 heteroatoms. The molecule has 0 aromatic heterocycles. The molecule has 0 heterocycles. The van der Waals surface area contributed by atoms with Gasteiger partial charge in [-0.1, -0.05) is 26.0 Å². The maximum Gasteiger partial charge on any atom is -0.0262 e. The smallest absolute Gasteiger partial charge is 0.0262 e. The van der Waals surface area contributed by atoms with Crippen molar-refractivity contribution in [3.8, 4) is 0 Å². The van der Waals surface area contributed by atoms with Crippen LogP contribution in [0.2, 0.25) is 0 Å². The van der Waals surface area contributed by atoms with Gasteiger partial charge in [-0.05, 0) is 24.7 Å². The fraction of sp³-hybridized carbons (Fsp3) is 0.750. The lowest BCUT2D eigenvalue weighted by atomic mass is 9.91. The summed E-state index contributed by atoms with van der Waals surface area (Å²) in [5.41, 5.74) is 0. The van der Waals surface area contributed by atoms with Gasteiger partial charge in [-0.25, -0.2) is 0 Å². The van der Waals surface area contributed by atoms with E-state index in [2.05, 4.69) is 26.0 Å². The van der Waals surface area contributed by atoms with Gasteiger partial charge in [0.1, 0.15) is 0 Å². The third kappa shape index (κ3) is 1.36. The number of hydrogen-bond acceptors (Lipinski definition) is 0. The zero-order valence-corrected chi connectivity index (χ0v) is 5.72. The minimum Gasteiger partial charge on any atom is -0.0854 e. The molecule has 8 heavy (non-hydrogen) atoms. The largest absolute Gasteiger partial charge is 0.0854 e. The summed E-state index contributed by atoms with van der Waals surface area (Å²) in [6.45, 7) is 4.56. The van der Waals surface area contributed by atoms with Crippen LogP contribution < -0.4 is 0 Å². The SMILES string of the molecule is CC1C=CC(C)CC1. The highest BCUT2D eigenvalue weighted by molar-refractivity contribution is 4.94. The van der Waals surface area contributed by atoms with Crippen molar-refractivity contribution in [1.29, 1.82) is 0 Å². The zero-order chi connectivity index (χ0) is 5.98. The molecule has 0 saturated carbocycles. The second-order valence-electron chi connectivity index (χ2n) is 2.92. The maximum absolute atomic E-state index is 2.33. The molecular formula is C8H14. The molecule has 0 aromatic carbocycles. The van der Waals surface area contributed by atoms with Crippen LogP contribution in [-0.2, 0) is 0 Å². The van der Waals surface area contributed by atoms with Gasteiger partial charge in [0.05, 0.1) is 0 Å². The predicted molar refractivity (Wildman–Crippen MR) is 36.7 cm³/mol. The normalized spacial score (nSPS) is 37.8. The number of rotatable bonds is 0. The predicted octanol–water partition coefficient (Wildman–Crippen LogP) is 2.61. The molecule has 2 unspecified atom stereocenters. The van der Waals surface area contributed by atoms with Gasteiger partial charge >= 0.3 is 0 Å². The second-order valence-corrected chi connectivity index (χ2v) is 2.92. The fourth-order valence-electron chi connectivity index (χ4n) is 1.10. The first-order valence-electron chi connectivity index (χ1n) is 3.47. The average Bonchev–Trinajstić information content (AvgIpc) is 1.77. The van der Waals surface area contributed by atoms with E-state index in [1.54, 1.807) is 0 Å². The van der Waals surface area contributed by atoms with E-state index in [0.29, 0.717) is 0 Å². The van der Waals surface area contributed by atoms with Gasteiger partial charge in [-0.3, -0.25) is 0 Å². The minimum atomic E-state index is 0.839. The Balaban J connectivity index is 2.42. The van der Waals surface area contributed by atoms with E-state index in [9.17, 15) is 0 Å². The Bertz CT molecular complexity index is 80.2. The summed E-state index contributed by atoms with van der Waals surface area (Å²) in [7, 11) is 0. The van der Waals surface area contributed by atoms with E-state index in [1.807, 2.05) is 0 Å². The van der Waals surface area contributed by atoms with Crippen LogP contribution in [0, 0.1) is 11.8 Å². The lowest BCUT2D eigenvalue weighted by Crippen LogP contribution is -2.01. The Hall–Kier alpha value is -0.260. The average molecular weight is 110 g/mol. The highest BCUT2D eigenvalue weighted by Gasteiger charge is 2.06. The standard InChI is InChI=1S/C8H14/c1-7-3-5-8(2)6-4-7/h3,5,7-8H,4,6H2,1-2H3. The van der Waals surface area contributed by atoms with Crippen LogP contribution in [0.4, 0.5) is 0 Å². The molecule has 0 saturated heterocycles. The fourth-order valence-corrected chi connectivity index (χ4v) is 1.10. The Morgan fingerprint density at radius 3 is 1.62 bits per heavy atom. The summed E-state index contributed by atoms with van der Waals surface area (Å²) < 4.78 is 0. The molecule has 0 nitrogen and oxygen atoms in total. The van der Waals surface area contributed by atoms with Crippen LogP contribution in [0.1, 0.15) is 26.7 Å². The van der Waals surface area contributed by atoms with E-state index in [-0.39, 0.29) is 0 Å². The van der Waals surface area contributed by atoms with Gasteiger partial charge in [0.25, 0.3) is 0 Å². The first-order valence-corrected chi connectivity index (χ1v) is 3.47. The van der Waals surface area contributed by atoms with Crippen LogP contribution in [0.15, 0.2) is 12.2 Å². The third-order valence-electron chi connectivity index (χ3n) is 1.85. The van der Waals surface area contributed by atoms with Crippen LogP contribution in [0.5, 0.6) is 0 Å². The van der Waals surface area contributed by atoms with Gasteiger partial charge in [-0.2, -0.15) is 0 Å². The van der Waals surface area contributed by atoms with Crippen molar-refractivity contribution >= 4 is 0 Å². The highest BCUT2D eigenvalue weighted by atomic mass is 14.1. The van der Waals surface area contributed by atoms with E-state index >= 15 is 0 Å². The molecule has 0 N–H and O–H groups in total. The van der Waals surface area contributed by atoms with Crippen molar-refractivity contribution in [1.82, 2.24) is 0 Å². The molecule has 2 atom stereocenters. The number of allylic oxidation sites excluding steroid dienone is 2. The molecule has 0 amide bonds. The van der Waals surface area contributed by atoms with Gasteiger partial charge in [0, 0.05) is 0 Å². The first-order chi connectivity index (χ1) is 3.79. The molecule has 0 bridgehead atoms. The summed E-state index contributed by atoms with van der Waals surface area (Å²) in [4.78, 5) is 0. The van der Waals surface area contributed by atoms with Crippen molar-refractivity contribution < 1.29 is 0 Å². The van der Waals surface area contributed by atoms with Crippen LogP contribution in [0.3, 0.4) is 0 Å². The van der Waals surface area contributed by atoms with Crippen molar-refractivity contribution in [3.05, 3.63) is 12.2 Å². The Morgan fingerprint density at radius 2 is 1.38 bits per heavy atom. The summed E-state index contributed by atoms with van der Waals surface area (Å²) in [5, 5.41) is 0. The molecule has 0 aromatic rings.